The molecule has 4 heteroatoms. The van der Waals surface area contributed by atoms with Crippen LogP contribution in [0.3, 0.4) is 0 Å². The summed E-state index contributed by atoms with van der Waals surface area (Å²) in [6.07, 6.45) is 1.74. The molecule has 0 aliphatic heterocycles. The highest BCUT2D eigenvalue weighted by molar-refractivity contribution is 5.74. The Hall–Kier alpha value is -1.55. The zero-order valence-corrected chi connectivity index (χ0v) is 11.4. The first-order valence-corrected chi connectivity index (χ1v) is 6.76. The molecule has 0 saturated carbocycles. The van der Waals surface area contributed by atoms with Gasteiger partial charge in [0.05, 0.1) is 12.7 Å². The fraction of sp³-hybridized carbons (Fsp3) is 0.533. The predicted molar refractivity (Wildman–Crippen MR) is 71.1 cm³/mol. The molecule has 2 atom stereocenters. The van der Waals surface area contributed by atoms with E-state index >= 15 is 0 Å². The molecular formula is C15H20O4. The van der Waals surface area contributed by atoms with Crippen molar-refractivity contribution in [3.05, 3.63) is 29.3 Å². The van der Waals surface area contributed by atoms with E-state index in [0.29, 0.717) is 12.4 Å². The summed E-state index contributed by atoms with van der Waals surface area (Å²) in [5, 5.41) is 9.88. The van der Waals surface area contributed by atoms with Crippen LogP contribution >= 0.6 is 0 Å². The van der Waals surface area contributed by atoms with Crippen molar-refractivity contribution in [2.24, 2.45) is 0 Å². The molecular weight excluding hydrogens is 244 g/mol. The maximum Gasteiger partial charge on any atom is 0.347 e. The van der Waals surface area contributed by atoms with Crippen molar-refractivity contribution >= 4 is 5.97 Å². The topological polar surface area (TPSA) is 55.8 Å². The Balaban J connectivity index is 2.08. The van der Waals surface area contributed by atoms with Gasteiger partial charge in [-0.05, 0) is 56.4 Å². The number of hydrogen-bond donors (Lipinski definition) is 1. The first-order valence-electron chi connectivity index (χ1n) is 6.76. The molecule has 4 nitrogen and oxygen atoms in total. The smallest absolute Gasteiger partial charge is 0.347 e. The zero-order chi connectivity index (χ0) is 13.8. The number of hydrogen-bond acceptors (Lipinski definition) is 4. The van der Waals surface area contributed by atoms with Gasteiger partial charge in [-0.15, -0.1) is 0 Å². The average Bonchev–Trinajstić information content (AvgIpc) is 2.39. The normalized spacial score (nSPS) is 19.4. The van der Waals surface area contributed by atoms with E-state index in [-0.39, 0.29) is 12.1 Å². The van der Waals surface area contributed by atoms with Gasteiger partial charge in [0.2, 0.25) is 0 Å². The second-order valence-corrected chi connectivity index (χ2v) is 4.78. The van der Waals surface area contributed by atoms with Gasteiger partial charge >= 0.3 is 5.97 Å². The zero-order valence-electron chi connectivity index (χ0n) is 11.4. The monoisotopic (exact) mass is 264 g/mol. The van der Waals surface area contributed by atoms with E-state index in [9.17, 15) is 9.90 Å². The van der Waals surface area contributed by atoms with Gasteiger partial charge in [0.1, 0.15) is 5.75 Å². The molecule has 2 rings (SSSR count). The minimum atomic E-state index is -0.619. The Morgan fingerprint density at radius 1 is 1.53 bits per heavy atom. The highest BCUT2D eigenvalue weighted by atomic mass is 16.6. The van der Waals surface area contributed by atoms with E-state index in [1.54, 1.807) is 19.9 Å². The van der Waals surface area contributed by atoms with Crippen molar-refractivity contribution in [1.29, 1.82) is 0 Å². The lowest BCUT2D eigenvalue weighted by Gasteiger charge is -2.22. The van der Waals surface area contributed by atoms with Gasteiger partial charge in [-0.1, -0.05) is 6.07 Å². The Kier molecular flexibility index (Phi) is 4.43. The number of esters is 1. The van der Waals surface area contributed by atoms with E-state index in [1.165, 1.54) is 0 Å². The molecule has 0 bridgehead atoms. The number of ether oxygens (including phenoxy) is 2. The van der Waals surface area contributed by atoms with Gasteiger partial charge in [0.25, 0.3) is 0 Å². The lowest BCUT2D eigenvalue weighted by atomic mass is 9.89. The van der Waals surface area contributed by atoms with Crippen LogP contribution < -0.4 is 4.74 Å². The molecule has 0 fully saturated rings. The van der Waals surface area contributed by atoms with Gasteiger partial charge in [-0.25, -0.2) is 4.79 Å². The fourth-order valence-electron chi connectivity index (χ4n) is 2.35. The van der Waals surface area contributed by atoms with E-state index in [4.69, 9.17) is 9.47 Å². The summed E-state index contributed by atoms with van der Waals surface area (Å²) < 4.78 is 10.5. The molecule has 0 aromatic heterocycles. The highest BCUT2D eigenvalue weighted by Crippen LogP contribution is 2.32. The predicted octanol–water partition coefficient (Wildman–Crippen LogP) is 2.39. The van der Waals surface area contributed by atoms with Crippen LogP contribution in [0.4, 0.5) is 0 Å². The summed E-state index contributed by atoms with van der Waals surface area (Å²) in [5.74, 6) is 0.286. The number of aliphatic hydroxyl groups is 1. The SMILES string of the molecule is CCOC(=O)C(C)Oc1ccc2c(c1)CCCC2O. The van der Waals surface area contributed by atoms with Crippen molar-refractivity contribution in [2.75, 3.05) is 6.61 Å². The molecule has 19 heavy (non-hydrogen) atoms. The second-order valence-electron chi connectivity index (χ2n) is 4.78. The van der Waals surface area contributed by atoms with Gasteiger partial charge in [0.15, 0.2) is 6.10 Å². The van der Waals surface area contributed by atoms with Crippen molar-refractivity contribution in [3.63, 3.8) is 0 Å². The molecule has 0 heterocycles. The first kappa shape index (κ1) is 13.9. The average molecular weight is 264 g/mol. The lowest BCUT2D eigenvalue weighted by molar-refractivity contribution is -0.150. The van der Waals surface area contributed by atoms with Crippen LogP contribution in [-0.4, -0.2) is 23.8 Å². The van der Waals surface area contributed by atoms with E-state index < -0.39 is 6.10 Å². The van der Waals surface area contributed by atoms with Crippen molar-refractivity contribution < 1.29 is 19.4 Å². The maximum atomic E-state index is 11.5. The minimum absolute atomic E-state index is 0.350. The number of carbonyl (C=O) groups excluding carboxylic acids is 1. The van der Waals surface area contributed by atoms with E-state index in [1.807, 2.05) is 12.1 Å². The Morgan fingerprint density at radius 2 is 2.32 bits per heavy atom. The van der Waals surface area contributed by atoms with Gasteiger partial charge in [-0.2, -0.15) is 0 Å². The van der Waals surface area contributed by atoms with Crippen LogP contribution in [0, 0.1) is 0 Å². The number of fused-ring (bicyclic) bond motifs is 1. The molecule has 1 aliphatic rings. The van der Waals surface area contributed by atoms with Crippen LogP contribution in [0.15, 0.2) is 18.2 Å². The Bertz CT molecular complexity index is 455. The molecule has 0 spiro atoms. The van der Waals surface area contributed by atoms with E-state index in [0.717, 1.165) is 30.4 Å². The Labute approximate surface area is 113 Å². The van der Waals surface area contributed by atoms with Crippen LogP contribution in [-0.2, 0) is 16.0 Å². The molecule has 0 saturated heterocycles. The molecule has 1 aromatic carbocycles. The van der Waals surface area contributed by atoms with Gasteiger partial charge < -0.3 is 14.6 Å². The molecule has 104 valence electrons. The first-order chi connectivity index (χ1) is 9.11. The third-order valence-electron chi connectivity index (χ3n) is 3.33. The number of aryl methyl sites for hydroxylation is 1. The molecule has 0 amide bonds. The highest BCUT2D eigenvalue weighted by Gasteiger charge is 2.20. The summed E-state index contributed by atoms with van der Waals surface area (Å²) in [4.78, 5) is 11.5. The van der Waals surface area contributed by atoms with E-state index in [2.05, 4.69) is 0 Å². The Morgan fingerprint density at radius 3 is 3.05 bits per heavy atom. The number of aliphatic hydroxyl groups excluding tert-OH is 1. The number of benzene rings is 1. The quantitative estimate of drug-likeness (QED) is 0.848. The maximum absolute atomic E-state index is 11.5. The summed E-state index contributed by atoms with van der Waals surface area (Å²) in [6, 6.07) is 5.59. The molecule has 0 radical (unpaired) electrons. The largest absolute Gasteiger partial charge is 0.479 e. The minimum Gasteiger partial charge on any atom is -0.479 e. The third-order valence-corrected chi connectivity index (χ3v) is 3.33. The van der Waals surface area contributed by atoms with Crippen molar-refractivity contribution in [3.8, 4) is 5.75 Å². The van der Waals surface area contributed by atoms with Crippen LogP contribution in [0.5, 0.6) is 5.75 Å². The van der Waals surface area contributed by atoms with Crippen molar-refractivity contribution in [2.45, 2.75) is 45.3 Å². The third kappa shape index (κ3) is 3.26. The van der Waals surface area contributed by atoms with Gasteiger partial charge in [0, 0.05) is 0 Å². The van der Waals surface area contributed by atoms with Crippen LogP contribution in [0.2, 0.25) is 0 Å². The number of rotatable bonds is 4. The van der Waals surface area contributed by atoms with Crippen molar-refractivity contribution in [1.82, 2.24) is 0 Å². The summed E-state index contributed by atoms with van der Waals surface area (Å²) >= 11 is 0. The summed E-state index contributed by atoms with van der Waals surface area (Å²) in [5.41, 5.74) is 2.08. The van der Waals surface area contributed by atoms with Crippen LogP contribution in [0.1, 0.15) is 43.9 Å². The summed E-state index contributed by atoms with van der Waals surface area (Å²) in [6.45, 7) is 3.79. The molecule has 2 unspecified atom stereocenters. The van der Waals surface area contributed by atoms with Gasteiger partial charge in [-0.3, -0.25) is 0 Å². The lowest BCUT2D eigenvalue weighted by Crippen LogP contribution is -2.26. The summed E-state index contributed by atoms with van der Waals surface area (Å²) in [7, 11) is 0. The molecule has 1 aromatic rings. The second kappa shape index (κ2) is 6.06. The van der Waals surface area contributed by atoms with Crippen LogP contribution in [0.25, 0.3) is 0 Å². The fourth-order valence-corrected chi connectivity index (χ4v) is 2.35. The standard InChI is InChI=1S/C15H20O4/c1-3-18-15(17)10(2)19-12-7-8-13-11(9-12)5-4-6-14(13)16/h7-10,14,16H,3-6H2,1-2H3. The molecule has 1 N–H and O–H groups in total. The number of carbonyl (C=O) groups is 1. The molecule has 1 aliphatic carbocycles.